The van der Waals surface area contributed by atoms with E-state index in [9.17, 15) is 19.6 Å². The molecule has 0 saturated heterocycles. The van der Waals surface area contributed by atoms with Crippen LogP contribution in [0.2, 0.25) is 0 Å². The van der Waals surface area contributed by atoms with E-state index in [1.165, 1.54) is 25.1 Å². The molecule has 0 spiro atoms. The molecular weight excluding hydrogens is 257 g/mol. The van der Waals surface area contributed by atoms with Gasteiger partial charge in [0.05, 0.1) is 11.0 Å². The molecular formula is C11H16NO5P. The lowest BCUT2D eigenvalue weighted by atomic mass is 10.2. The molecule has 0 fully saturated rings. The quantitative estimate of drug-likeness (QED) is 0.505. The molecule has 0 bridgehead atoms. The number of aryl methyl sites for hydroxylation is 1. The van der Waals surface area contributed by atoms with Crippen molar-refractivity contribution >= 4 is 18.6 Å². The van der Waals surface area contributed by atoms with Gasteiger partial charge < -0.3 is 9.42 Å². The Hall–Kier alpha value is -1.23. The SMILES string of the molecule is CCC(C)OP(=O)(O)c1cccc(C)c1[N+](=O)[O-]. The highest BCUT2D eigenvalue weighted by Crippen LogP contribution is 2.45. The summed E-state index contributed by atoms with van der Waals surface area (Å²) in [7, 11) is -4.18. The third-order valence-corrected chi connectivity index (χ3v) is 4.22. The van der Waals surface area contributed by atoms with Crippen LogP contribution in [-0.2, 0) is 9.09 Å². The van der Waals surface area contributed by atoms with Crippen LogP contribution in [0.4, 0.5) is 5.69 Å². The zero-order valence-electron chi connectivity index (χ0n) is 10.5. The molecule has 0 aliphatic carbocycles. The Morgan fingerprint density at radius 2 is 2.17 bits per heavy atom. The minimum Gasteiger partial charge on any atom is -0.321 e. The van der Waals surface area contributed by atoms with Gasteiger partial charge in [-0.15, -0.1) is 0 Å². The van der Waals surface area contributed by atoms with E-state index in [-0.39, 0.29) is 11.0 Å². The van der Waals surface area contributed by atoms with Crippen LogP contribution in [0.15, 0.2) is 18.2 Å². The molecule has 1 aromatic carbocycles. The van der Waals surface area contributed by atoms with Crippen LogP contribution in [0, 0.1) is 17.0 Å². The number of para-hydroxylation sites is 1. The molecule has 6 nitrogen and oxygen atoms in total. The van der Waals surface area contributed by atoms with Crippen molar-refractivity contribution in [1.29, 1.82) is 0 Å². The second kappa shape index (κ2) is 5.61. The van der Waals surface area contributed by atoms with Crippen molar-refractivity contribution in [1.82, 2.24) is 0 Å². The molecule has 0 heterocycles. The number of hydrogen-bond donors (Lipinski definition) is 1. The Kier molecular flexibility index (Phi) is 4.62. The van der Waals surface area contributed by atoms with Gasteiger partial charge in [0.25, 0.3) is 5.69 Å². The third kappa shape index (κ3) is 3.16. The standard InChI is InChI=1S/C11H16NO5P/c1-4-9(3)17-18(15,16)10-7-5-6-8(2)11(10)12(13)14/h5-7,9H,4H2,1-3H3,(H,15,16). The van der Waals surface area contributed by atoms with E-state index in [1.54, 1.807) is 13.8 Å². The summed E-state index contributed by atoms with van der Waals surface area (Å²) < 4.78 is 17.1. The Balaban J connectivity index is 3.28. The lowest BCUT2D eigenvalue weighted by Gasteiger charge is -2.17. The van der Waals surface area contributed by atoms with Gasteiger partial charge in [0.2, 0.25) is 0 Å². The molecule has 0 radical (unpaired) electrons. The summed E-state index contributed by atoms with van der Waals surface area (Å²) in [5.41, 5.74) is -0.0221. The zero-order valence-corrected chi connectivity index (χ0v) is 11.4. The van der Waals surface area contributed by atoms with Crippen molar-refractivity contribution in [2.45, 2.75) is 33.3 Å². The minimum atomic E-state index is -4.18. The molecule has 1 N–H and O–H groups in total. The number of nitro benzene ring substituents is 1. The van der Waals surface area contributed by atoms with E-state index in [0.717, 1.165) is 0 Å². The minimum absolute atomic E-state index is 0.257. The van der Waals surface area contributed by atoms with E-state index in [2.05, 4.69) is 0 Å². The maximum absolute atomic E-state index is 12.1. The number of nitro groups is 1. The number of nitrogens with zero attached hydrogens (tertiary/aromatic N) is 1. The van der Waals surface area contributed by atoms with Crippen LogP contribution >= 0.6 is 7.60 Å². The molecule has 7 heteroatoms. The molecule has 2 atom stereocenters. The molecule has 0 saturated carbocycles. The molecule has 0 amide bonds. The maximum atomic E-state index is 12.1. The first-order chi connectivity index (χ1) is 8.29. The summed E-state index contributed by atoms with van der Waals surface area (Å²) >= 11 is 0. The van der Waals surface area contributed by atoms with E-state index in [1.807, 2.05) is 0 Å². The van der Waals surface area contributed by atoms with Crippen LogP contribution in [0.5, 0.6) is 0 Å². The van der Waals surface area contributed by atoms with E-state index >= 15 is 0 Å². The average molecular weight is 273 g/mol. The highest BCUT2D eigenvalue weighted by atomic mass is 31.2. The molecule has 1 rings (SSSR count). The molecule has 100 valence electrons. The van der Waals surface area contributed by atoms with Gasteiger partial charge in [0, 0.05) is 5.56 Å². The Morgan fingerprint density at radius 1 is 1.56 bits per heavy atom. The van der Waals surface area contributed by atoms with Crippen molar-refractivity contribution in [3.63, 3.8) is 0 Å². The maximum Gasteiger partial charge on any atom is 0.365 e. The summed E-state index contributed by atoms with van der Waals surface area (Å²) in [4.78, 5) is 20.2. The van der Waals surface area contributed by atoms with E-state index < -0.39 is 18.6 Å². The first-order valence-corrected chi connectivity index (χ1v) is 7.13. The Morgan fingerprint density at radius 3 is 2.67 bits per heavy atom. The van der Waals surface area contributed by atoms with Gasteiger partial charge in [0.15, 0.2) is 0 Å². The fraction of sp³-hybridized carbons (Fsp3) is 0.455. The van der Waals surface area contributed by atoms with Crippen molar-refractivity contribution in [2.24, 2.45) is 0 Å². The van der Waals surface area contributed by atoms with Gasteiger partial charge >= 0.3 is 7.60 Å². The van der Waals surface area contributed by atoms with Crippen molar-refractivity contribution in [3.8, 4) is 0 Å². The van der Waals surface area contributed by atoms with Crippen molar-refractivity contribution in [3.05, 3.63) is 33.9 Å². The van der Waals surface area contributed by atoms with Crippen LogP contribution < -0.4 is 5.30 Å². The van der Waals surface area contributed by atoms with Gasteiger partial charge in [0.1, 0.15) is 5.30 Å². The summed E-state index contributed by atoms with van der Waals surface area (Å²) in [6, 6.07) is 4.28. The Bertz CT molecular complexity index is 502. The first-order valence-electron chi connectivity index (χ1n) is 5.55. The van der Waals surface area contributed by atoms with Gasteiger partial charge in [-0.05, 0) is 26.3 Å². The molecule has 0 aromatic heterocycles. The monoisotopic (exact) mass is 273 g/mol. The molecule has 0 aliphatic heterocycles. The number of rotatable bonds is 5. The highest BCUT2D eigenvalue weighted by Gasteiger charge is 2.34. The second-order valence-electron chi connectivity index (χ2n) is 4.04. The van der Waals surface area contributed by atoms with Crippen LogP contribution in [0.1, 0.15) is 25.8 Å². The van der Waals surface area contributed by atoms with Gasteiger partial charge in [-0.3, -0.25) is 14.7 Å². The van der Waals surface area contributed by atoms with Crippen molar-refractivity contribution < 1.29 is 18.9 Å². The predicted molar refractivity (Wildman–Crippen MR) is 68.1 cm³/mol. The molecule has 18 heavy (non-hydrogen) atoms. The fourth-order valence-corrected chi connectivity index (χ4v) is 3.03. The Labute approximate surface area is 105 Å². The number of benzene rings is 1. The summed E-state index contributed by atoms with van der Waals surface area (Å²) in [5, 5.41) is 10.7. The van der Waals surface area contributed by atoms with E-state index in [0.29, 0.717) is 12.0 Å². The molecule has 1 aromatic rings. The number of hydrogen-bond acceptors (Lipinski definition) is 4. The highest BCUT2D eigenvalue weighted by molar-refractivity contribution is 7.61. The van der Waals surface area contributed by atoms with Crippen LogP contribution in [0.25, 0.3) is 0 Å². The summed E-state index contributed by atoms with van der Waals surface area (Å²) in [6.07, 6.45) is 0.102. The summed E-state index contributed by atoms with van der Waals surface area (Å²) in [6.45, 7) is 4.96. The first kappa shape index (κ1) is 14.8. The smallest absolute Gasteiger partial charge is 0.321 e. The van der Waals surface area contributed by atoms with Gasteiger partial charge in [-0.2, -0.15) is 0 Å². The normalized spacial score (nSPS) is 16.0. The largest absolute Gasteiger partial charge is 0.365 e. The molecule has 0 aliphatic rings. The predicted octanol–water partition coefficient (Wildman–Crippen LogP) is 2.53. The van der Waals surface area contributed by atoms with Gasteiger partial charge in [-0.1, -0.05) is 19.1 Å². The van der Waals surface area contributed by atoms with Crippen molar-refractivity contribution in [2.75, 3.05) is 0 Å². The lowest BCUT2D eigenvalue weighted by Crippen LogP contribution is -2.16. The zero-order chi connectivity index (χ0) is 13.9. The molecule has 2 unspecified atom stereocenters. The van der Waals surface area contributed by atoms with Crippen LogP contribution in [0.3, 0.4) is 0 Å². The summed E-state index contributed by atoms with van der Waals surface area (Å²) in [5.74, 6) is 0. The third-order valence-electron chi connectivity index (χ3n) is 2.60. The lowest BCUT2D eigenvalue weighted by molar-refractivity contribution is -0.384. The fourth-order valence-electron chi connectivity index (χ4n) is 1.48. The average Bonchev–Trinajstić information content (AvgIpc) is 2.27. The topological polar surface area (TPSA) is 89.7 Å². The van der Waals surface area contributed by atoms with Crippen LogP contribution in [-0.4, -0.2) is 15.9 Å². The second-order valence-corrected chi connectivity index (χ2v) is 5.78. The van der Waals surface area contributed by atoms with Gasteiger partial charge in [-0.25, -0.2) is 0 Å². The van der Waals surface area contributed by atoms with E-state index in [4.69, 9.17) is 4.52 Å².